The zero-order valence-corrected chi connectivity index (χ0v) is 8.10. The molecule has 1 fully saturated rings. The third-order valence-corrected chi connectivity index (χ3v) is 3.69. The molecule has 4 nitrogen and oxygen atoms in total. The first-order chi connectivity index (χ1) is 6.86. The summed E-state index contributed by atoms with van der Waals surface area (Å²) < 4.78 is 0. The molecule has 0 saturated carbocycles. The maximum atomic E-state index is 11.9. The molecule has 0 radical (unpaired) electrons. The van der Waals surface area contributed by atoms with Crippen molar-refractivity contribution in [2.75, 3.05) is 0 Å². The van der Waals surface area contributed by atoms with Crippen molar-refractivity contribution in [1.29, 1.82) is 0 Å². The topological polar surface area (TPSA) is 53.2 Å². The maximum Gasteiger partial charge on any atom is 0.184 e. The summed E-state index contributed by atoms with van der Waals surface area (Å²) in [5, 5.41) is 0.0948. The lowest BCUT2D eigenvalue weighted by Crippen LogP contribution is -2.42. The standard InChI is InChI=1S/C9H9N3OS/c13-8-5-3-1-2-4-6(5)14-9-7(8)10-12-11-9/h1-4,7,9-12H. The molecule has 0 aliphatic carbocycles. The van der Waals surface area contributed by atoms with E-state index in [-0.39, 0.29) is 17.2 Å². The first-order valence-corrected chi connectivity index (χ1v) is 5.30. The summed E-state index contributed by atoms with van der Waals surface area (Å²) in [6.07, 6.45) is 0. The Balaban J connectivity index is 2.08. The maximum absolute atomic E-state index is 11.9. The third kappa shape index (κ3) is 1.10. The van der Waals surface area contributed by atoms with E-state index in [1.54, 1.807) is 11.8 Å². The van der Waals surface area contributed by atoms with Crippen LogP contribution in [-0.4, -0.2) is 17.2 Å². The Morgan fingerprint density at radius 1 is 1.21 bits per heavy atom. The summed E-state index contributed by atoms with van der Waals surface area (Å²) >= 11 is 1.67. The number of carbonyl (C=O) groups is 1. The Labute approximate surface area is 85.4 Å². The molecule has 0 bridgehead atoms. The van der Waals surface area contributed by atoms with Crippen molar-refractivity contribution >= 4 is 17.5 Å². The fourth-order valence-corrected chi connectivity index (χ4v) is 2.90. The van der Waals surface area contributed by atoms with E-state index in [9.17, 15) is 4.79 Å². The van der Waals surface area contributed by atoms with Gasteiger partial charge in [0.25, 0.3) is 0 Å². The largest absolute Gasteiger partial charge is 0.292 e. The van der Waals surface area contributed by atoms with Gasteiger partial charge in [-0.15, -0.1) is 11.8 Å². The Bertz CT molecular complexity index is 395. The highest BCUT2D eigenvalue weighted by molar-refractivity contribution is 8.00. The average Bonchev–Trinajstić information content (AvgIpc) is 2.66. The van der Waals surface area contributed by atoms with Crippen LogP contribution in [0.25, 0.3) is 0 Å². The molecular formula is C9H9N3OS. The highest BCUT2D eigenvalue weighted by atomic mass is 32.2. The summed E-state index contributed by atoms with van der Waals surface area (Å²) in [6.45, 7) is 0. The number of nitrogens with one attached hydrogen (secondary N) is 3. The van der Waals surface area contributed by atoms with Crippen molar-refractivity contribution in [3.63, 3.8) is 0 Å². The van der Waals surface area contributed by atoms with Crippen LogP contribution in [0.3, 0.4) is 0 Å². The van der Waals surface area contributed by atoms with Crippen LogP contribution in [-0.2, 0) is 0 Å². The predicted octanol–water partition coefficient (Wildman–Crippen LogP) is 0.282. The second kappa shape index (κ2) is 3.06. The van der Waals surface area contributed by atoms with Gasteiger partial charge in [0.15, 0.2) is 5.78 Å². The molecule has 2 unspecified atom stereocenters. The van der Waals surface area contributed by atoms with E-state index in [0.29, 0.717) is 0 Å². The van der Waals surface area contributed by atoms with Crippen molar-refractivity contribution < 1.29 is 4.79 Å². The molecule has 2 aliphatic heterocycles. The lowest BCUT2D eigenvalue weighted by molar-refractivity contribution is 0.0945. The SMILES string of the molecule is O=C1c2ccccc2SC2NNNC12. The number of hydrogen-bond donors (Lipinski definition) is 3. The van der Waals surface area contributed by atoms with E-state index in [0.717, 1.165) is 10.5 Å². The molecule has 2 atom stereocenters. The fourth-order valence-electron chi connectivity index (χ4n) is 1.73. The first-order valence-electron chi connectivity index (χ1n) is 4.42. The molecule has 2 heterocycles. The molecule has 0 aromatic heterocycles. The molecule has 3 rings (SSSR count). The molecule has 0 spiro atoms. The zero-order chi connectivity index (χ0) is 9.54. The summed E-state index contributed by atoms with van der Waals surface area (Å²) in [5.74, 6) is 0.154. The number of Topliss-reactive ketones (excluding diaryl/α,β-unsaturated/α-hetero) is 1. The van der Waals surface area contributed by atoms with Crippen molar-refractivity contribution in [2.45, 2.75) is 16.3 Å². The summed E-state index contributed by atoms with van der Waals surface area (Å²) in [6, 6.07) is 7.55. The van der Waals surface area contributed by atoms with Crippen LogP contribution in [0.5, 0.6) is 0 Å². The molecule has 1 aromatic carbocycles. The second-order valence-corrected chi connectivity index (χ2v) is 4.47. The minimum Gasteiger partial charge on any atom is -0.292 e. The fraction of sp³-hybridized carbons (Fsp3) is 0.222. The molecule has 2 aliphatic rings. The highest BCUT2D eigenvalue weighted by Gasteiger charge is 2.39. The van der Waals surface area contributed by atoms with Gasteiger partial charge in [-0.1, -0.05) is 18.2 Å². The van der Waals surface area contributed by atoms with Gasteiger partial charge < -0.3 is 0 Å². The van der Waals surface area contributed by atoms with Crippen LogP contribution in [0, 0.1) is 0 Å². The van der Waals surface area contributed by atoms with Crippen LogP contribution < -0.4 is 16.4 Å². The number of carbonyl (C=O) groups excluding carboxylic acids is 1. The molecule has 72 valence electrons. The molecule has 14 heavy (non-hydrogen) atoms. The Hall–Kier alpha value is -0.880. The lowest BCUT2D eigenvalue weighted by atomic mass is 10.0. The van der Waals surface area contributed by atoms with E-state index in [1.165, 1.54) is 0 Å². The molecule has 3 N–H and O–H groups in total. The Morgan fingerprint density at radius 2 is 2.07 bits per heavy atom. The van der Waals surface area contributed by atoms with Gasteiger partial charge in [-0.2, -0.15) is 5.53 Å². The van der Waals surface area contributed by atoms with E-state index in [2.05, 4.69) is 16.4 Å². The monoisotopic (exact) mass is 207 g/mol. The van der Waals surface area contributed by atoms with Gasteiger partial charge in [0.1, 0.15) is 6.04 Å². The van der Waals surface area contributed by atoms with E-state index < -0.39 is 0 Å². The first kappa shape index (κ1) is 8.43. The van der Waals surface area contributed by atoms with Crippen molar-refractivity contribution in [3.05, 3.63) is 29.8 Å². The molecular weight excluding hydrogens is 198 g/mol. The van der Waals surface area contributed by atoms with Gasteiger partial charge in [0, 0.05) is 10.5 Å². The van der Waals surface area contributed by atoms with Gasteiger partial charge in [-0.25, -0.2) is 10.9 Å². The minimum absolute atomic E-state index is 0.0948. The summed E-state index contributed by atoms with van der Waals surface area (Å²) in [4.78, 5) is 13.0. The van der Waals surface area contributed by atoms with Crippen molar-refractivity contribution in [2.24, 2.45) is 0 Å². The number of benzene rings is 1. The minimum atomic E-state index is -0.158. The van der Waals surface area contributed by atoms with Gasteiger partial charge in [0.2, 0.25) is 0 Å². The Morgan fingerprint density at radius 3 is 3.00 bits per heavy atom. The summed E-state index contributed by atoms with van der Waals surface area (Å²) in [5.41, 5.74) is 9.53. The number of hydrazine groups is 2. The third-order valence-electron chi connectivity index (χ3n) is 2.43. The van der Waals surface area contributed by atoms with Gasteiger partial charge in [0.05, 0.1) is 5.37 Å². The van der Waals surface area contributed by atoms with Gasteiger partial charge in [-0.3, -0.25) is 4.79 Å². The average molecular weight is 207 g/mol. The quantitative estimate of drug-likeness (QED) is 0.570. The number of fused-ring (bicyclic) bond motifs is 2. The lowest BCUT2D eigenvalue weighted by Gasteiger charge is -2.23. The predicted molar refractivity (Wildman–Crippen MR) is 53.6 cm³/mol. The molecule has 5 heteroatoms. The van der Waals surface area contributed by atoms with Crippen LogP contribution >= 0.6 is 11.8 Å². The van der Waals surface area contributed by atoms with E-state index >= 15 is 0 Å². The van der Waals surface area contributed by atoms with Gasteiger partial charge in [-0.05, 0) is 6.07 Å². The summed E-state index contributed by atoms with van der Waals surface area (Å²) in [7, 11) is 0. The van der Waals surface area contributed by atoms with E-state index in [1.807, 2.05) is 24.3 Å². The van der Waals surface area contributed by atoms with Crippen LogP contribution in [0.15, 0.2) is 29.2 Å². The zero-order valence-electron chi connectivity index (χ0n) is 7.28. The van der Waals surface area contributed by atoms with Crippen molar-refractivity contribution in [1.82, 2.24) is 16.4 Å². The van der Waals surface area contributed by atoms with E-state index in [4.69, 9.17) is 0 Å². The van der Waals surface area contributed by atoms with Gasteiger partial charge >= 0.3 is 0 Å². The highest BCUT2D eigenvalue weighted by Crippen LogP contribution is 2.34. The number of rotatable bonds is 0. The number of hydrogen-bond acceptors (Lipinski definition) is 5. The Kier molecular flexibility index (Phi) is 1.84. The number of ketones is 1. The molecule has 0 amide bonds. The molecule has 1 aromatic rings. The van der Waals surface area contributed by atoms with Crippen LogP contribution in [0.2, 0.25) is 0 Å². The molecule has 1 saturated heterocycles. The van der Waals surface area contributed by atoms with Crippen molar-refractivity contribution in [3.8, 4) is 0 Å². The van der Waals surface area contributed by atoms with Crippen LogP contribution in [0.4, 0.5) is 0 Å². The second-order valence-electron chi connectivity index (χ2n) is 3.29. The van der Waals surface area contributed by atoms with Crippen LogP contribution in [0.1, 0.15) is 10.4 Å². The normalized spacial score (nSPS) is 29.9. The number of thioether (sulfide) groups is 1. The smallest absolute Gasteiger partial charge is 0.184 e.